The number of hydrogen-bond acceptors (Lipinski definition) is 3. The van der Waals surface area contributed by atoms with Gasteiger partial charge in [-0.1, -0.05) is 11.8 Å². The van der Waals surface area contributed by atoms with Crippen molar-refractivity contribution >= 4 is 11.8 Å². The van der Waals surface area contributed by atoms with Crippen molar-refractivity contribution in [2.45, 2.75) is 31.5 Å². The van der Waals surface area contributed by atoms with E-state index in [2.05, 4.69) is 4.98 Å². The molecule has 3 nitrogen and oxygen atoms in total. The molecule has 15 heavy (non-hydrogen) atoms. The van der Waals surface area contributed by atoms with Crippen LogP contribution in [0.5, 0.6) is 0 Å². The van der Waals surface area contributed by atoms with E-state index in [9.17, 15) is 13.6 Å². The topological polar surface area (TPSA) is 34.9 Å². The first kappa shape index (κ1) is 12.2. The first-order valence-corrected chi connectivity index (χ1v) is 5.49. The molecule has 84 valence electrons. The summed E-state index contributed by atoms with van der Waals surface area (Å²) in [5.41, 5.74) is -0.399. The maximum atomic E-state index is 12.0. The normalized spacial score (nSPS) is 11.3. The van der Waals surface area contributed by atoms with Crippen molar-refractivity contribution in [2.75, 3.05) is 5.75 Å². The van der Waals surface area contributed by atoms with Crippen molar-refractivity contribution in [1.82, 2.24) is 9.55 Å². The Balaban J connectivity index is 2.92. The van der Waals surface area contributed by atoms with Gasteiger partial charge in [0.15, 0.2) is 5.16 Å². The van der Waals surface area contributed by atoms with Crippen LogP contribution in [0, 0.1) is 0 Å². The molecule has 0 spiro atoms. The number of halogens is 2. The van der Waals surface area contributed by atoms with Crippen molar-refractivity contribution in [1.29, 1.82) is 0 Å². The lowest BCUT2D eigenvalue weighted by Crippen LogP contribution is -2.15. The van der Waals surface area contributed by atoms with Crippen molar-refractivity contribution in [3.05, 3.63) is 22.6 Å². The van der Waals surface area contributed by atoms with Gasteiger partial charge in [-0.05, 0) is 13.8 Å². The second-order valence-corrected chi connectivity index (χ2v) is 4.24. The fraction of sp³-hybridized carbons (Fsp3) is 0.556. The summed E-state index contributed by atoms with van der Waals surface area (Å²) in [7, 11) is 0. The number of thioether (sulfide) groups is 1. The highest BCUT2D eigenvalue weighted by Crippen LogP contribution is 2.19. The fourth-order valence-corrected chi connectivity index (χ4v) is 1.88. The number of alkyl halides is 2. The summed E-state index contributed by atoms with van der Waals surface area (Å²) in [5.74, 6) is -0.344. The molecular formula is C9H12F2N2OS. The maximum absolute atomic E-state index is 12.0. The Morgan fingerprint density at radius 3 is 2.73 bits per heavy atom. The first-order chi connectivity index (χ1) is 7.00. The quantitative estimate of drug-likeness (QED) is 0.591. The number of aromatic nitrogens is 2. The summed E-state index contributed by atoms with van der Waals surface area (Å²) in [6, 6.07) is 1.42. The lowest BCUT2D eigenvalue weighted by molar-refractivity contribution is 0.176. The van der Waals surface area contributed by atoms with Crippen LogP contribution < -0.4 is 5.56 Å². The minimum absolute atomic E-state index is 0.0956. The van der Waals surface area contributed by atoms with E-state index in [1.54, 1.807) is 10.8 Å². The third-order valence-electron chi connectivity index (χ3n) is 1.70. The van der Waals surface area contributed by atoms with Crippen LogP contribution in [0.15, 0.2) is 22.2 Å². The molecule has 0 aliphatic carbocycles. The maximum Gasteiger partial charge on any atom is 0.273 e. The van der Waals surface area contributed by atoms with Crippen LogP contribution in [0.3, 0.4) is 0 Å². The molecule has 1 rings (SSSR count). The van der Waals surface area contributed by atoms with Gasteiger partial charge in [-0.25, -0.2) is 8.78 Å². The summed E-state index contributed by atoms with van der Waals surface area (Å²) in [6.07, 6.45) is -0.818. The Bertz CT molecular complexity index is 379. The zero-order valence-corrected chi connectivity index (χ0v) is 9.30. The third kappa shape index (κ3) is 3.62. The number of nitrogens with zero attached hydrogens (tertiary/aromatic N) is 2. The highest BCUT2D eigenvalue weighted by molar-refractivity contribution is 7.99. The molecule has 0 fully saturated rings. The van der Waals surface area contributed by atoms with Gasteiger partial charge in [-0.3, -0.25) is 4.79 Å². The molecule has 6 heteroatoms. The summed E-state index contributed by atoms with van der Waals surface area (Å²) in [6.45, 7) is 3.80. The lowest BCUT2D eigenvalue weighted by Gasteiger charge is -2.14. The predicted octanol–water partition coefficient (Wildman–Crippen LogP) is 2.18. The molecule has 0 amide bonds. The lowest BCUT2D eigenvalue weighted by atomic mass is 10.4. The van der Waals surface area contributed by atoms with Gasteiger partial charge in [0.25, 0.3) is 5.56 Å². The molecule has 0 aliphatic heterocycles. The standard InChI is InChI=1S/C9H12F2N2OS/c1-6(2)13-4-3-8(14)12-9(13)15-5-7(10)11/h3-4,6-7H,5H2,1-2H3. The van der Waals surface area contributed by atoms with E-state index >= 15 is 0 Å². The highest BCUT2D eigenvalue weighted by Gasteiger charge is 2.10. The smallest absolute Gasteiger partial charge is 0.273 e. The number of rotatable bonds is 4. The molecule has 1 aromatic rings. The molecule has 0 N–H and O–H groups in total. The van der Waals surface area contributed by atoms with Crippen molar-refractivity contribution in [3.63, 3.8) is 0 Å². The second-order valence-electron chi connectivity index (χ2n) is 3.25. The molecular weight excluding hydrogens is 222 g/mol. The van der Waals surface area contributed by atoms with E-state index in [1.165, 1.54) is 6.07 Å². The summed E-state index contributed by atoms with van der Waals surface area (Å²) in [5, 5.41) is 0.345. The molecule has 0 saturated heterocycles. The Morgan fingerprint density at radius 1 is 1.53 bits per heavy atom. The zero-order valence-electron chi connectivity index (χ0n) is 8.48. The van der Waals surface area contributed by atoms with Crippen LogP contribution in [0.2, 0.25) is 0 Å². The molecule has 1 aromatic heterocycles. The van der Waals surface area contributed by atoms with Crippen molar-refractivity contribution in [2.24, 2.45) is 0 Å². The molecule has 0 bridgehead atoms. The third-order valence-corrected chi connectivity index (χ3v) is 2.68. The molecule has 0 saturated carbocycles. The van der Waals surface area contributed by atoms with E-state index in [1.807, 2.05) is 13.8 Å². The van der Waals surface area contributed by atoms with Crippen LogP contribution >= 0.6 is 11.8 Å². The van der Waals surface area contributed by atoms with Gasteiger partial charge in [0.1, 0.15) is 0 Å². The van der Waals surface area contributed by atoms with Gasteiger partial charge in [0.05, 0.1) is 5.75 Å². The average molecular weight is 234 g/mol. The molecule has 0 radical (unpaired) electrons. The monoisotopic (exact) mass is 234 g/mol. The van der Waals surface area contributed by atoms with Crippen LogP contribution in [-0.2, 0) is 0 Å². The largest absolute Gasteiger partial charge is 0.325 e. The number of hydrogen-bond donors (Lipinski definition) is 0. The molecule has 0 aliphatic rings. The Morgan fingerprint density at radius 2 is 2.20 bits per heavy atom. The molecule has 0 unspecified atom stereocenters. The van der Waals surface area contributed by atoms with Gasteiger partial charge < -0.3 is 4.57 Å². The van der Waals surface area contributed by atoms with E-state index in [0.29, 0.717) is 5.16 Å². The summed E-state index contributed by atoms with van der Waals surface area (Å²) in [4.78, 5) is 14.7. The minimum Gasteiger partial charge on any atom is -0.325 e. The predicted molar refractivity (Wildman–Crippen MR) is 55.6 cm³/mol. The van der Waals surface area contributed by atoms with Gasteiger partial charge in [-0.15, -0.1) is 0 Å². The van der Waals surface area contributed by atoms with Crippen LogP contribution in [-0.4, -0.2) is 21.7 Å². The minimum atomic E-state index is -2.40. The van der Waals surface area contributed by atoms with E-state index in [0.717, 1.165) is 11.8 Å². The summed E-state index contributed by atoms with van der Waals surface area (Å²) >= 11 is 0.899. The average Bonchev–Trinajstić information content (AvgIpc) is 2.14. The second kappa shape index (κ2) is 5.25. The van der Waals surface area contributed by atoms with Crippen LogP contribution in [0.25, 0.3) is 0 Å². The Kier molecular flexibility index (Phi) is 4.26. The van der Waals surface area contributed by atoms with Crippen LogP contribution in [0.1, 0.15) is 19.9 Å². The van der Waals surface area contributed by atoms with Gasteiger partial charge in [0, 0.05) is 18.3 Å². The summed E-state index contributed by atoms with van der Waals surface area (Å²) < 4.78 is 25.7. The van der Waals surface area contributed by atoms with Gasteiger partial charge >= 0.3 is 0 Å². The van der Waals surface area contributed by atoms with Crippen molar-refractivity contribution < 1.29 is 8.78 Å². The van der Waals surface area contributed by atoms with E-state index in [-0.39, 0.29) is 11.8 Å². The molecule has 0 aromatic carbocycles. The first-order valence-electron chi connectivity index (χ1n) is 4.51. The Hall–Kier alpha value is -0.910. The van der Waals surface area contributed by atoms with Gasteiger partial charge in [0.2, 0.25) is 6.43 Å². The van der Waals surface area contributed by atoms with Crippen molar-refractivity contribution in [3.8, 4) is 0 Å². The highest BCUT2D eigenvalue weighted by atomic mass is 32.2. The Labute approximate surface area is 90.5 Å². The van der Waals surface area contributed by atoms with Crippen LogP contribution in [0.4, 0.5) is 8.78 Å². The SMILES string of the molecule is CC(C)n1ccc(=O)nc1SCC(F)F. The van der Waals surface area contributed by atoms with E-state index in [4.69, 9.17) is 0 Å². The fourth-order valence-electron chi connectivity index (χ4n) is 1.03. The zero-order chi connectivity index (χ0) is 11.4. The van der Waals surface area contributed by atoms with Gasteiger partial charge in [-0.2, -0.15) is 4.98 Å². The molecule has 1 heterocycles. The molecule has 0 atom stereocenters. The van der Waals surface area contributed by atoms with E-state index < -0.39 is 12.0 Å².